The zero-order valence-corrected chi connectivity index (χ0v) is 11.3. The molecule has 3 rings (SSSR count). The number of para-hydroxylation sites is 1. The van der Waals surface area contributed by atoms with Crippen LogP contribution in [0, 0.1) is 5.41 Å². The van der Waals surface area contributed by atoms with Crippen LogP contribution in [-0.4, -0.2) is 34.8 Å². The van der Waals surface area contributed by atoms with E-state index in [9.17, 15) is 9.59 Å². The van der Waals surface area contributed by atoms with Gasteiger partial charge in [0, 0.05) is 30.2 Å². The fraction of sp³-hybridized carbons (Fsp3) is 0.333. The van der Waals surface area contributed by atoms with Crippen molar-refractivity contribution in [3.05, 3.63) is 36.0 Å². The largest absolute Gasteiger partial charge is 0.369 e. The molecule has 104 valence electrons. The summed E-state index contributed by atoms with van der Waals surface area (Å²) in [6, 6.07) is 7.68. The average Bonchev–Trinajstić information content (AvgIpc) is 3.03. The number of hydrogen-bond acceptors (Lipinski definition) is 2. The summed E-state index contributed by atoms with van der Waals surface area (Å²) in [7, 11) is 0. The third kappa shape index (κ3) is 1.86. The quantitative estimate of drug-likeness (QED) is 0.868. The molecule has 0 spiro atoms. The van der Waals surface area contributed by atoms with E-state index < -0.39 is 5.41 Å². The molecule has 0 bridgehead atoms. The third-order valence-electron chi connectivity index (χ3n) is 4.18. The number of amides is 2. The predicted molar refractivity (Wildman–Crippen MR) is 76.1 cm³/mol. The Morgan fingerprint density at radius 2 is 2.10 bits per heavy atom. The Kier molecular flexibility index (Phi) is 2.78. The maximum absolute atomic E-state index is 12.6. The summed E-state index contributed by atoms with van der Waals surface area (Å²) in [5, 5.41) is 0.908. The van der Waals surface area contributed by atoms with Crippen molar-refractivity contribution >= 4 is 22.7 Å². The molecule has 2 amide bonds. The van der Waals surface area contributed by atoms with E-state index in [0.29, 0.717) is 25.1 Å². The maximum atomic E-state index is 12.6. The normalized spacial score (nSPS) is 22.4. The number of carbonyl (C=O) groups is 2. The van der Waals surface area contributed by atoms with Gasteiger partial charge in [-0.05, 0) is 19.4 Å². The average molecular weight is 271 g/mol. The Balaban J connectivity index is 1.89. The number of benzene rings is 1. The summed E-state index contributed by atoms with van der Waals surface area (Å²) in [5.74, 6) is -0.390. The maximum Gasteiger partial charge on any atom is 0.256 e. The van der Waals surface area contributed by atoms with Gasteiger partial charge in [0.2, 0.25) is 5.91 Å². The Bertz CT molecular complexity index is 691. The first kappa shape index (κ1) is 12.7. The fourth-order valence-corrected chi connectivity index (χ4v) is 2.75. The molecule has 1 atom stereocenters. The molecule has 0 saturated carbocycles. The predicted octanol–water partition coefficient (Wildman–Crippen LogP) is 1.51. The summed E-state index contributed by atoms with van der Waals surface area (Å²) in [5.41, 5.74) is 6.40. The monoisotopic (exact) mass is 271 g/mol. The van der Waals surface area contributed by atoms with Crippen LogP contribution in [0.5, 0.6) is 0 Å². The molecule has 0 radical (unpaired) electrons. The van der Waals surface area contributed by atoms with Crippen LogP contribution in [0.3, 0.4) is 0 Å². The van der Waals surface area contributed by atoms with Crippen LogP contribution in [0.25, 0.3) is 10.9 Å². The Morgan fingerprint density at radius 1 is 1.35 bits per heavy atom. The Morgan fingerprint density at radius 3 is 2.80 bits per heavy atom. The first-order valence-corrected chi connectivity index (χ1v) is 6.66. The molecule has 2 heterocycles. The highest BCUT2D eigenvalue weighted by molar-refractivity contribution is 6.07. The topological polar surface area (TPSA) is 79.2 Å². The summed E-state index contributed by atoms with van der Waals surface area (Å²) in [6.45, 7) is 2.77. The molecule has 0 aliphatic carbocycles. The van der Waals surface area contributed by atoms with Crippen molar-refractivity contribution in [1.82, 2.24) is 9.88 Å². The molecule has 5 nitrogen and oxygen atoms in total. The van der Waals surface area contributed by atoms with Gasteiger partial charge in [0.1, 0.15) is 0 Å². The number of hydrogen-bond donors (Lipinski definition) is 2. The number of rotatable bonds is 2. The van der Waals surface area contributed by atoms with Gasteiger partial charge in [0.15, 0.2) is 0 Å². The van der Waals surface area contributed by atoms with Crippen molar-refractivity contribution in [2.24, 2.45) is 11.1 Å². The lowest BCUT2D eigenvalue weighted by Gasteiger charge is -2.20. The van der Waals surface area contributed by atoms with E-state index in [2.05, 4.69) is 4.98 Å². The summed E-state index contributed by atoms with van der Waals surface area (Å²) in [4.78, 5) is 28.9. The van der Waals surface area contributed by atoms with Crippen LogP contribution >= 0.6 is 0 Å². The van der Waals surface area contributed by atoms with Crippen molar-refractivity contribution in [3.8, 4) is 0 Å². The first-order chi connectivity index (χ1) is 9.51. The second kappa shape index (κ2) is 4.37. The van der Waals surface area contributed by atoms with E-state index in [1.165, 1.54) is 0 Å². The highest BCUT2D eigenvalue weighted by Crippen LogP contribution is 2.31. The minimum absolute atomic E-state index is 0.0487. The van der Waals surface area contributed by atoms with Crippen LogP contribution in [0.4, 0.5) is 0 Å². The summed E-state index contributed by atoms with van der Waals surface area (Å²) >= 11 is 0. The number of carbonyl (C=O) groups excluding carboxylic acids is 2. The highest BCUT2D eigenvalue weighted by Gasteiger charge is 2.41. The second-order valence-electron chi connectivity index (χ2n) is 5.65. The van der Waals surface area contributed by atoms with Crippen LogP contribution in [0.1, 0.15) is 23.7 Å². The van der Waals surface area contributed by atoms with E-state index in [4.69, 9.17) is 5.73 Å². The number of likely N-dealkylation sites (tertiary alicyclic amines) is 1. The molecule has 1 unspecified atom stereocenters. The molecular weight excluding hydrogens is 254 g/mol. The van der Waals surface area contributed by atoms with Crippen LogP contribution < -0.4 is 5.73 Å². The van der Waals surface area contributed by atoms with Crippen molar-refractivity contribution in [2.75, 3.05) is 13.1 Å². The zero-order chi connectivity index (χ0) is 14.3. The van der Waals surface area contributed by atoms with E-state index in [-0.39, 0.29) is 11.8 Å². The Hall–Kier alpha value is -2.30. The van der Waals surface area contributed by atoms with Gasteiger partial charge >= 0.3 is 0 Å². The van der Waals surface area contributed by atoms with Gasteiger partial charge in [0.25, 0.3) is 5.91 Å². The van der Waals surface area contributed by atoms with E-state index >= 15 is 0 Å². The van der Waals surface area contributed by atoms with Crippen LogP contribution in [0.15, 0.2) is 30.5 Å². The lowest BCUT2D eigenvalue weighted by Crippen LogP contribution is -2.38. The summed E-state index contributed by atoms with van der Waals surface area (Å²) in [6.07, 6.45) is 2.35. The van der Waals surface area contributed by atoms with Gasteiger partial charge in [-0.1, -0.05) is 18.2 Å². The van der Waals surface area contributed by atoms with Gasteiger partial charge in [-0.15, -0.1) is 0 Å². The zero-order valence-electron chi connectivity index (χ0n) is 11.3. The van der Waals surface area contributed by atoms with Gasteiger partial charge in [0.05, 0.1) is 11.0 Å². The second-order valence-corrected chi connectivity index (χ2v) is 5.65. The molecule has 1 saturated heterocycles. The number of nitrogens with one attached hydrogen (secondary N) is 1. The number of nitrogens with zero attached hydrogens (tertiary/aromatic N) is 1. The lowest BCUT2D eigenvalue weighted by molar-refractivity contribution is -0.126. The fourth-order valence-electron chi connectivity index (χ4n) is 2.75. The molecule has 5 heteroatoms. The number of aromatic nitrogens is 1. The van der Waals surface area contributed by atoms with Crippen molar-refractivity contribution < 1.29 is 9.59 Å². The number of aromatic amines is 1. The van der Waals surface area contributed by atoms with E-state index in [1.54, 1.807) is 11.1 Å². The standard InChI is InChI=1S/C15H17N3O2/c1-15(14(16)20)6-7-18(9-15)13(19)11-8-17-12-5-3-2-4-10(11)12/h2-5,8,17H,6-7,9H2,1H3,(H2,16,20). The van der Waals surface area contributed by atoms with Crippen LogP contribution in [-0.2, 0) is 4.79 Å². The molecule has 1 aromatic carbocycles. The number of nitrogens with two attached hydrogens (primary N) is 1. The van der Waals surface area contributed by atoms with Gasteiger partial charge in [-0.2, -0.15) is 0 Å². The molecule has 2 aromatic rings. The van der Waals surface area contributed by atoms with Crippen LogP contribution in [0.2, 0.25) is 0 Å². The lowest BCUT2D eigenvalue weighted by atomic mass is 9.89. The molecule has 1 aliphatic heterocycles. The van der Waals surface area contributed by atoms with E-state index in [0.717, 1.165) is 10.9 Å². The number of primary amides is 1. The number of fused-ring (bicyclic) bond motifs is 1. The molecular formula is C15H17N3O2. The van der Waals surface area contributed by atoms with Crippen molar-refractivity contribution in [3.63, 3.8) is 0 Å². The molecule has 1 aliphatic rings. The molecule has 1 fully saturated rings. The van der Waals surface area contributed by atoms with Gasteiger partial charge < -0.3 is 15.6 Å². The third-order valence-corrected chi connectivity index (χ3v) is 4.18. The molecule has 3 N–H and O–H groups in total. The van der Waals surface area contributed by atoms with Gasteiger partial charge in [-0.25, -0.2) is 0 Å². The first-order valence-electron chi connectivity index (χ1n) is 6.66. The van der Waals surface area contributed by atoms with E-state index in [1.807, 2.05) is 31.2 Å². The summed E-state index contributed by atoms with van der Waals surface area (Å²) < 4.78 is 0. The smallest absolute Gasteiger partial charge is 0.256 e. The molecule has 20 heavy (non-hydrogen) atoms. The highest BCUT2D eigenvalue weighted by atomic mass is 16.2. The van der Waals surface area contributed by atoms with Crippen molar-refractivity contribution in [2.45, 2.75) is 13.3 Å². The number of H-pyrrole nitrogens is 1. The SMILES string of the molecule is CC1(C(N)=O)CCN(C(=O)c2c[nH]c3ccccc23)C1. The van der Waals surface area contributed by atoms with Gasteiger partial charge in [-0.3, -0.25) is 9.59 Å². The minimum Gasteiger partial charge on any atom is -0.369 e. The van der Waals surface area contributed by atoms with Crippen molar-refractivity contribution in [1.29, 1.82) is 0 Å². The Labute approximate surface area is 116 Å². The minimum atomic E-state index is -0.609. The molecule has 1 aromatic heterocycles.